The van der Waals surface area contributed by atoms with E-state index in [0.29, 0.717) is 18.0 Å². The number of hydrogen-bond donors (Lipinski definition) is 2. The van der Waals surface area contributed by atoms with Gasteiger partial charge in [0, 0.05) is 11.5 Å². The Hall–Kier alpha value is -2.45. The summed E-state index contributed by atoms with van der Waals surface area (Å²) in [6, 6.07) is 3.35. The van der Waals surface area contributed by atoms with Crippen LogP contribution in [0.5, 0.6) is 0 Å². The van der Waals surface area contributed by atoms with Crippen molar-refractivity contribution in [2.75, 3.05) is 13.1 Å². The first-order valence-electron chi connectivity index (χ1n) is 8.03. The maximum Gasteiger partial charge on any atom is 0.305 e. The van der Waals surface area contributed by atoms with Crippen LogP contribution in [0.4, 0.5) is 0 Å². The zero-order valence-corrected chi connectivity index (χ0v) is 15.4. The van der Waals surface area contributed by atoms with E-state index in [1.165, 1.54) is 17.4 Å². The first kappa shape index (κ1) is 18.9. The van der Waals surface area contributed by atoms with Crippen molar-refractivity contribution in [3.8, 4) is 0 Å². The number of rotatable bonds is 7. The molecule has 134 valence electrons. The van der Waals surface area contributed by atoms with Crippen LogP contribution in [0, 0.1) is 6.92 Å². The Kier molecular flexibility index (Phi) is 6.91. The first-order chi connectivity index (χ1) is 12.0. The van der Waals surface area contributed by atoms with Crippen LogP contribution in [-0.2, 0) is 11.3 Å². The lowest BCUT2D eigenvalue weighted by atomic mass is 10.4. The Morgan fingerprint density at radius 2 is 2.04 bits per heavy atom. The monoisotopic (exact) mass is 362 g/mol. The predicted molar refractivity (Wildman–Crippen MR) is 96.8 cm³/mol. The van der Waals surface area contributed by atoms with Crippen molar-refractivity contribution in [2.24, 2.45) is 0 Å². The topological polar surface area (TPSA) is 87.5 Å². The summed E-state index contributed by atoms with van der Waals surface area (Å²) in [5, 5.41) is 2.77. The highest BCUT2D eigenvalue weighted by Gasteiger charge is 2.13. The van der Waals surface area contributed by atoms with Crippen LogP contribution in [-0.4, -0.2) is 34.8 Å². The number of carbonyl (C=O) groups is 2. The molecule has 8 heteroatoms. The summed E-state index contributed by atoms with van der Waals surface area (Å²) >= 11 is 1.50. The Morgan fingerprint density at radius 1 is 1.28 bits per heavy atom. The van der Waals surface area contributed by atoms with Crippen LogP contribution in [0.2, 0.25) is 0 Å². The number of furan rings is 1. The van der Waals surface area contributed by atoms with Gasteiger partial charge in [-0.1, -0.05) is 13.8 Å². The van der Waals surface area contributed by atoms with E-state index in [1.54, 1.807) is 18.2 Å². The summed E-state index contributed by atoms with van der Waals surface area (Å²) in [6.45, 7) is 8.47. The molecule has 2 N–H and O–H groups in total. The summed E-state index contributed by atoms with van der Waals surface area (Å²) in [7, 11) is 0. The highest BCUT2D eigenvalue weighted by atomic mass is 32.1. The number of amides is 2. The van der Waals surface area contributed by atoms with Crippen molar-refractivity contribution in [1.82, 2.24) is 20.7 Å². The number of aryl methyl sites for hydroxylation is 1. The minimum absolute atomic E-state index is 0.154. The van der Waals surface area contributed by atoms with Gasteiger partial charge in [-0.15, -0.1) is 11.3 Å². The van der Waals surface area contributed by atoms with Gasteiger partial charge in [0.25, 0.3) is 5.91 Å². The summed E-state index contributed by atoms with van der Waals surface area (Å²) < 4.78 is 5.51. The van der Waals surface area contributed by atoms with Crippen molar-refractivity contribution in [1.29, 1.82) is 0 Å². The van der Waals surface area contributed by atoms with Crippen molar-refractivity contribution >= 4 is 29.2 Å². The molecule has 0 aliphatic carbocycles. The number of nitrogens with one attached hydrogen (secondary N) is 2. The molecule has 0 spiro atoms. The molecule has 2 rings (SSSR count). The number of aromatic nitrogens is 1. The molecule has 2 aromatic heterocycles. The molecule has 0 atom stereocenters. The fourth-order valence-electron chi connectivity index (χ4n) is 2.09. The average molecular weight is 362 g/mol. The maximum atomic E-state index is 12.0. The van der Waals surface area contributed by atoms with E-state index in [0.717, 1.165) is 18.1 Å². The van der Waals surface area contributed by atoms with Crippen molar-refractivity contribution in [3.63, 3.8) is 0 Å². The highest BCUT2D eigenvalue weighted by molar-refractivity contribution is 7.09. The third-order valence-electron chi connectivity index (χ3n) is 3.50. The van der Waals surface area contributed by atoms with E-state index in [4.69, 9.17) is 4.42 Å². The van der Waals surface area contributed by atoms with E-state index in [1.807, 2.05) is 12.3 Å². The van der Waals surface area contributed by atoms with Crippen LogP contribution >= 0.6 is 11.3 Å². The van der Waals surface area contributed by atoms with Gasteiger partial charge >= 0.3 is 5.91 Å². The molecule has 0 fully saturated rings. The van der Waals surface area contributed by atoms with Crippen LogP contribution in [0.15, 0.2) is 28.0 Å². The van der Waals surface area contributed by atoms with Gasteiger partial charge in [-0.25, -0.2) is 4.98 Å². The molecule has 2 aromatic rings. The number of hydrazine groups is 1. The van der Waals surface area contributed by atoms with Crippen molar-refractivity contribution in [2.45, 2.75) is 27.3 Å². The van der Waals surface area contributed by atoms with E-state index in [-0.39, 0.29) is 5.76 Å². The van der Waals surface area contributed by atoms with Gasteiger partial charge in [0.05, 0.1) is 17.2 Å². The molecule has 0 aliphatic heterocycles. The maximum absolute atomic E-state index is 12.0. The van der Waals surface area contributed by atoms with Crippen molar-refractivity contribution < 1.29 is 14.0 Å². The van der Waals surface area contributed by atoms with Gasteiger partial charge in [-0.05, 0) is 38.2 Å². The number of carbonyl (C=O) groups excluding carboxylic acids is 2. The minimum atomic E-state index is -0.503. The van der Waals surface area contributed by atoms with E-state index in [2.05, 4.69) is 34.6 Å². The second-order valence-electron chi connectivity index (χ2n) is 5.30. The quantitative estimate of drug-likeness (QED) is 0.583. The second-order valence-corrected chi connectivity index (χ2v) is 6.36. The molecule has 0 unspecified atom stereocenters. The zero-order valence-electron chi connectivity index (χ0n) is 14.5. The fourth-order valence-corrected chi connectivity index (χ4v) is 2.67. The van der Waals surface area contributed by atoms with E-state index < -0.39 is 11.8 Å². The van der Waals surface area contributed by atoms with Gasteiger partial charge in [0.15, 0.2) is 5.76 Å². The molecule has 0 radical (unpaired) electrons. The lowest BCUT2D eigenvalue weighted by molar-refractivity contribution is -0.117. The van der Waals surface area contributed by atoms with Crippen LogP contribution in [0.25, 0.3) is 6.08 Å². The van der Waals surface area contributed by atoms with E-state index >= 15 is 0 Å². The average Bonchev–Trinajstić information content (AvgIpc) is 3.24. The number of nitrogens with zero attached hydrogens (tertiary/aromatic N) is 2. The second kappa shape index (κ2) is 9.14. The highest BCUT2D eigenvalue weighted by Crippen LogP contribution is 2.11. The normalized spacial score (nSPS) is 11.2. The largest absolute Gasteiger partial charge is 0.454 e. The Morgan fingerprint density at radius 3 is 2.68 bits per heavy atom. The molecule has 0 aromatic carbocycles. The molecule has 0 saturated carbocycles. The summed E-state index contributed by atoms with van der Waals surface area (Å²) in [4.78, 5) is 30.1. The SMILES string of the molecule is CCN(CC)Cc1ccc(C(=O)NNC(=O)/C=C/c2csc(C)n2)o1. The predicted octanol–water partition coefficient (Wildman–Crippen LogP) is 2.36. The van der Waals surface area contributed by atoms with Gasteiger partial charge < -0.3 is 4.42 Å². The summed E-state index contributed by atoms with van der Waals surface area (Å²) in [5.41, 5.74) is 5.33. The number of thiazole rings is 1. The van der Waals surface area contributed by atoms with Gasteiger partial charge in [0.1, 0.15) is 5.76 Å². The van der Waals surface area contributed by atoms with Crippen molar-refractivity contribution in [3.05, 3.63) is 45.8 Å². The molecule has 2 heterocycles. The number of hydrogen-bond acceptors (Lipinski definition) is 6. The minimum Gasteiger partial charge on any atom is -0.454 e. The summed E-state index contributed by atoms with van der Waals surface area (Å²) in [5.74, 6) is -0.0912. The molecular formula is C17H22N4O3S. The third-order valence-corrected chi connectivity index (χ3v) is 4.29. The van der Waals surface area contributed by atoms with Gasteiger partial charge in [-0.2, -0.15) is 0 Å². The van der Waals surface area contributed by atoms with Crippen LogP contribution < -0.4 is 10.9 Å². The first-order valence-corrected chi connectivity index (χ1v) is 8.91. The zero-order chi connectivity index (χ0) is 18.2. The molecule has 7 nitrogen and oxygen atoms in total. The molecule has 0 bridgehead atoms. The summed E-state index contributed by atoms with van der Waals surface area (Å²) in [6.07, 6.45) is 2.89. The Labute approximate surface area is 150 Å². The lowest BCUT2D eigenvalue weighted by Gasteiger charge is -2.15. The molecule has 2 amide bonds. The Balaban J connectivity index is 1.82. The molecule has 0 aliphatic rings. The molecule has 25 heavy (non-hydrogen) atoms. The van der Waals surface area contributed by atoms with Crippen LogP contribution in [0.3, 0.4) is 0 Å². The molecular weight excluding hydrogens is 340 g/mol. The third kappa shape index (κ3) is 5.84. The smallest absolute Gasteiger partial charge is 0.305 e. The van der Waals surface area contributed by atoms with Gasteiger partial charge in [0.2, 0.25) is 0 Å². The molecule has 0 saturated heterocycles. The van der Waals surface area contributed by atoms with Crippen LogP contribution in [0.1, 0.15) is 40.9 Å². The Bertz CT molecular complexity index is 747. The fraction of sp³-hybridized carbons (Fsp3) is 0.353. The van der Waals surface area contributed by atoms with Gasteiger partial charge in [-0.3, -0.25) is 25.3 Å². The lowest BCUT2D eigenvalue weighted by Crippen LogP contribution is -2.40. The van der Waals surface area contributed by atoms with E-state index in [9.17, 15) is 9.59 Å². The standard InChI is InChI=1S/C17H22N4O3S/c1-4-21(5-2)10-14-7-8-15(24-14)17(23)20-19-16(22)9-6-13-11-25-12(3)18-13/h6-9,11H,4-5,10H2,1-3H3,(H,19,22)(H,20,23)/b9-6+.